The molecule has 1 heterocycles. The van der Waals surface area contributed by atoms with Crippen LogP contribution in [0, 0.1) is 17.1 Å². The summed E-state index contributed by atoms with van der Waals surface area (Å²) in [4.78, 5) is 4.09. The molecule has 0 N–H and O–H groups in total. The highest BCUT2D eigenvalue weighted by Crippen LogP contribution is 2.25. The number of nitrogens with zero attached hydrogens (tertiary/aromatic N) is 2. The van der Waals surface area contributed by atoms with E-state index in [-0.39, 0.29) is 5.75 Å². The van der Waals surface area contributed by atoms with Gasteiger partial charge in [-0.05, 0) is 30.3 Å². The van der Waals surface area contributed by atoms with Gasteiger partial charge in [0, 0.05) is 11.8 Å². The molecular formula is C13H9FN2O. The Morgan fingerprint density at radius 1 is 1.35 bits per heavy atom. The summed E-state index contributed by atoms with van der Waals surface area (Å²) < 4.78 is 18.4. The van der Waals surface area contributed by atoms with Crippen LogP contribution in [0.5, 0.6) is 5.75 Å². The van der Waals surface area contributed by atoms with Gasteiger partial charge in [0.2, 0.25) is 0 Å². The molecule has 0 aliphatic carbocycles. The largest absolute Gasteiger partial charge is 0.494 e. The number of aromatic nitrogens is 1. The van der Waals surface area contributed by atoms with Gasteiger partial charge in [-0.3, -0.25) is 4.98 Å². The summed E-state index contributed by atoms with van der Waals surface area (Å²) in [5.41, 5.74) is 1.44. The molecule has 4 heteroatoms. The van der Waals surface area contributed by atoms with E-state index in [4.69, 9.17) is 10.00 Å². The molecule has 0 aliphatic rings. The number of benzene rings is 1. The van der Waals surface area contributed by atoms with Crippen LogP contribution in [0.1, 0.15) is 5.56 Å². The molecule has 0 unspecified atom stereocenters. The molecule has 0 saturated carbocycles. The smallest absolute Gasteiger partial charge is 0.165 e. The standard InChI is InChI=1S/C13H9FN2O/c1-17-12-5-4-9(7-11(12)14)13-10(8-15)3-2-6-16-13/h2-7H,1H3. The normalized spacial score (nSPS) is 9.71. The van der Waals surface area contributed by atoms with Gasteiger partial charge in [-0.15, -0.1) is 0 Å². The van der Waals surface area contributed by atoms with Crippen LogP contribution in [-0.4, -0.2) is 12.1 Å². The Balaban J connectivity index is 2.54. The number of rotatable bonds is 2. The molecule has 2 rings (SSSR count). The summed E-state index contributed by atoms with van der Waals surface area (Å²) in [6.45, 7) is 0. The maximum atomic E-state index is 13.5. The molecule has 0 fully saturated rings. The maximum absolute atomic E-state index is 13.5. The minimum Gasteiger partial charge on any atom is -0.494 e. The Labute approximate surface area is 98.1 Å². The van der Waals surface area contributed by atoms with Crippen LogP contribution in [0.2, 0.25) is 0 Å². The highest BCUT2D eigenvalue weighted by atomic mass is 19.1. The van der Waals surface area contributed by atoms with Crippen molar-refractivity contribution in [2.24, 2.45) is 0 Å². The highest BCUT2D eigenvalue weighted by Gasteiger charge is 2.09. The second-order valence-electron chi connectivity index (χ2n) is 3.36. The third-order valence-corrected chi connectivity index (χ3v) is 2.35. The molecule has 0 radical (unpaired) electrons. The number of nitriles is 1. The van der Waals surface area contributed by atoms with Crippen LogP contribution in [0.4, 0.5) is 4.39 Å². The van der Waals surface area contributed by atoms with Gasteiger partial charge in [-0.2, -0.15) is 5.26 Å². The predicted molar refractivity (Wildman–Crippen MR) is 60.9 cm³/mol. The minimum atomic E-state index is -0.473. The summed E-state index contributed by atoms with van der Waals surface area (Å²) >= 11 is 0. The Morgan fingerprint density at radius 2 is 2.18 bits per heavy atom. The van der Waals surface area contributed by atoms with Crippen molar-refractivity contribution in [1.82, 2.24) is 4.98 Å². The maximum Gasteiger partial charge on any atom is 0.165 e. The van der Waals surface area contributed by atoms with Gasteiger partial charge in [0.05, 0.1) is 18.4 Å². The molecule has 84 valence electrons. The van der Waals surface area contributed by atoms with Gasteiger partial charge in [-0.25, -0.2) is 4.39 Å². The molecular weight excluding hydrogens is 219 g/mol. The quantitative estimate of drug-likeness (QED) is 0.793. The van der Waals surface area contributed by atoms with E-state index in [1.54, 1.807) is 24.4 Å². The number of pyridine rings is 1. The number of halogens is 1. The average Bonchev–Trinajstić information content (AvgIpc) is 2.38. The molecule has 0 bridgehead atoms. The first-order chi connectivity index (χ1) is 8.26. The fraction of sp³-hybridized carbons (Fsp3) is 0.0769. The predicted octanol–water partition coefficient (Wildman–Crippen LogP) is 2.77. The minimum absolute atomic E-state index is 0.170. The zero-order valence-electron chi connectivity index (χ0n) is 9.14. The van der Waals surface area contributed by atoms with Crippen molar-refractivity contribution in [3.63, 3.8) is 0 Å². The van der Waals surface area contributed by atoms with E-state index in [1.807, 2.05) is 6.07 Å². The molecule has 1 aromatic heterocycles. The molecule has 17 heavy (non-hydrogen) atoms. The fourth-order valence-electron chi connectivity index (χ4n) is 1.54. The van der Waals surface area contributed by atoms with Crippen LogP contribution < -0.4 is 4.74 Å². The second kappa shape index (κ2) is 4.62. The van der Waals surface area contributed by atoms with E-state index in [9.17, 15) is 4.39 Å². The van der Waals surface area contributed by atoms with Gasteiger partial charge in [0.1, 0.15) is 6.07 Å². The van der Waals surface area contributed by atoms with Crippen LogP contribution in [-0.2, 0) is 0 Å². The zero-order chi connectivity index (χ0) is 12.3. The first-order valence-corrected chi connectivity index (χ1v) is 4.95. The number of methoxy groups -OCH3 is 1. The molecule has 3 nitrogen and oxygen atoms in total. The zero-order valence-corrected chi connectivity index (χ0v) is 9.14. The molecule has 2 aromatic rings. The first-order valence-electron chi connectivity index (χ1n) is 4.95. The molecule has 0 spiro atoms. The van der Waals surface area contributed by atoms with E-state index in [0.717, 1.165) is 0 Å². The topological polar surface area (TPSA) is 45.9 Å². The van der Waals surface area contributed by atoms with Crippen molar-refractivity contribution in [3.05, 3.63) is 47.9 Å². The Bertz CT molecular complexity index is 590. The van der Waals surface area contributed by atoms with Crippen molar-refractivity contribution in [2.45, 2.75) is 0 Å². The lowest BCUT2D eigenvalue weighted by Crippen LogP contribution is -1.92. The SMILES string of the molecule is COc1ccc(-c2ncccc2C#N)cc1F. The van der Waals surface area contributed by atoms with E-state index < -0.39 is 5.82 Å². The lowest BCUT2D eigenvalue weighted by molar-refractivity contribution is 0.386. The third kappa shape index (κ3) is 2.08. The number of ether oxygens (including phenoxy) is 1. The lowest BCUT2D eigenvalue weighted by atomic mass is 10.1. The molecule has 0 atom stereocenters. The first kappa shape index (κ1) is 11.1. The monoisotopic (exact) mass is 228 g/mol. The molecule has 0 amide bonds. The van der Waals surface area contributed by atoms with E-state index in [0.29, 0.717) is 16.8 Å². The summed E-state index contributed by atoms with van der Waals surface area (Å²) in [7, 11) is 1.40. The van der Waals surface area contributed by atoms with Crippen molar-refractivity contribution in [2.75, 3.05) is 7.11 Å². The van der Waals surface area contributed by atoms with Crippen molar-refractivity contribution in [1.29, 1.82) is 5.26 Å². The lowest BCUT2D eigenvalue weighted by Gasteiger charge is -2.05. The third-order valence-electron chi connectivity index (χ3n) is 2.35. The summed E-state index contributed by atoms with van der Waals surface area (Å²) in [6.07, 6.45) is 1.57. The Morgan fingerprint density at radius 3 is 2.82 bits per heavy atom. The Kier molecular flexibility index (Phi) is 3.01. The van der Waals surface area contributed by atoms with Gasteiger partial charge >= 0.3 is 0 Å². The molecule has 0 aliphatic heterocycles. The molecule has 1 aromatic carbocycles. The molecule has 0 saturated heterocycles. The van der Waals surface area contributed by atoms with Gasteiger partial charge in [0.15, 0.2) is 11.6 Å². The highest BCUT2D eigenvalue weighted by molar-refractivity contribution is 5.66. The number of hydrogen-bond donors (Lipinski definition) is 0. The van der Waals surface area contributed by atoms with E-state index in [2.05, 4.69) is 4.98 Å². The number of hydrogen-bond acceptors (Lipinski definition) is 3. The van der Waals surface area contributed by atoms with Crippen molar-refractivity contribution >= 4 is 0 Å². The fourth-order valence-corrected chi connectivity index (χ4v) is 1.54. The van der Waals surface area contributed by atoms with E-state index >= 15 is 0 Å². The second-order valence-corrected chi connectivity index (χ2v) is 3.36. The van der Waals surface area contributed by atoms with E-state index in [1.165, 1.54) is 19.2 Å². The Hall–Kier alpha value is -2.41. The average molecular weight is 228 g/mol. The van der Waals surface area contributed by atoms with Crippen LogP contribution in [0.3, 0.4) is 0 Å². The van der Waals surface area contributed by atoms with Crippen LogP contribution >= 0.6 is 0 Å². The van der Waals surface area contributed by atoms with Gasteiger partial charge in [-0.1, -0.05) is 0 Å². The van der Waals surface area contributed by atoms with Crippen molar-refractivity contribution in [3.8, 4) is 23.1 Å². The van der Waals surface area contributed by atoms with Crippen LogP contribution in [0.15, 0.2) is 36.5 Å². The van der Waals surface area contributed by atoms with Crippen molar-refractivity contribution < 1.29 is 9.13 Å². The summed E-state index contributed by atoms with van der Waals surface area (Å²) in [5.74, 6) is -0.303. The van der Waals surface area contributed by atoms with Gasteiger partial charge in [0.25, 0.3) is 0 Å². The summed E-state index contributed by atoms with van der Waals surface area (Å²) in [5, 5.41) is 8.94. The van der Waals surface area contributed by atoms with Crippen LogP contribution in [0.25, 0.3) is 11.3 Å². The van der Waals surface area contributed by atoms with Gasteiger partial charge < -0.3 is 4.74 Å². The summed E-state index contributed by atoms with van der Waals surface area (Å²) in [6, 6.07) is 9.83.